The fourth-order valence-corrected chi connectivity index (χ4v) is 6.88. The Morgan fingerprint density at radius 2 is 1.46 bits per heavy atom. The zero-order chi connectivity index (χ0) is 43.1. The summed E-state index contributed by atoms with van der Waals surface area (Å²) in [5, 5.41) is 22.9. The number of hydrogen-bond acceptors (Lipinski definition) is 15. The van der Waals surface area contributed by atoms with E-state index in [0.29, 0.717) is 0 Å². The highest BCUT2D eigenvalue weighted by Gasteiger charge is 2.57. The van der Waals surface area contributed by atoms with Gasteiger partial charge < -0.3 is 43.6 Å². The number of ether oxygens (including phenoxy) is 5. The Labute approximate surface area is 333 Å². The van der Waals surface area contributed by atoms with Crippen molar-refractivity contribution in [1.29, 1.82) is 0 Å². The number of nitrogens with one attached hydrogen (secondary N) is 1. The quantitative estimate of drug-likeness (QED) is 0.0982. The molecule has 2 aromatic rings. The molecule has 5 atom stereocenters. The van der Waals surface area contributed by atoms with Gasteiger partial charge >= 0.3 is 23.9 Å². The predicted octanol–water partition coefficient (Wildman–Crippen LogP) is 4.29. The first-order valence-corrected chi connectivity index (χ1v) is 21.6. The number of carboxylic acid groups (broad SMARTS) is 2. The van der Waals surface area contributed by atoms with E-state index in [2.05, 4.69) is 54.1 Å². The number of anilines is 1. The normalized spacial score (nSPS) is 22.2. The highest BCUT2D eigenvalue weighted by molar-refractivity contribution is 6.74. The standard InChI is InChI=1S/C37H58N6O13Si/c1-33(2,3)31(49)51-19-42(20-52-32(50)34(4,5)6)37(30(47)48,15-14-22(44)45)29(46)41-26-23-27(39-17-38-26)43(18-40-23)28-25-24(55-36(10,11)56-25)21(54-28)16-53-57(12,13)35(7,8)9/h17-18,21,24-25,28H,14-16,19-20H2,1-13H3,(H,44,45)(H,47,48)(H,38,39,41,46)/t21-,24-,25-,28-,37?/m1/s1. The van der Waals surface area contributed by atoms with E-state index in [1.807, 2.05) is 0 Å². The zero-order valence-electron chi connectivity index (χ0n) is 35.1. The molecule has 2 aromatic heterocycles. The third-order valence-electron chi connectivity index (χ3n) is 10.3. The van der Waals surface area contributed by atoms with Crippen molar-refractivity contribution in [3.05, 3.63) is 12.7 Å². The number of carboxylic acids is 2. The lowest BCUT2D eigenvalue weighted by Gasteiger charge is -2.38. The Balaban J connectivity index is 1.73. The van der Waals surface area contributed by atoms with Gasteiger partial charge in [-0.05, 0) is 79.9 Å². The number of amides is 1. The lowest BCUT2D eigenvalue weighted by molar-refractivity contribution is -0.199. The van der Waals surface area contributed by atoms with Crippen molar-refractivity contribution in [3.63, 3.8) is 0 Å². The van der Waals surface area contributed by atoms with E-state index in [-0.39, 0.29) is 28.6 Å². The lowest BCUT2D eigenvalue weighted by Crippen LogP contribution is -2.63. The van der Waals surface area contributed by atoms with Gasteiger partial charge in [-0.25, -0.2) is 24.6 Å². The summed E-state index contributed by atoms with van der Waals surface area (Å²) in [5.74, 6) is -7.20. The molecule has 1 unspecified atom stereocenters. The van der Waals surface area contributed by atoms with Crippen LogP contribution in [0.1, 0.15) is 95.2 Å². The molecule has 19 nitrogen and oxygen atoms in total. The van der Waals surface area contributed by atoms with Crippen LogP contribution in [-0.4, -0.2) is 122 Å². The first-order chi connectivity index (χ1) is 26.0. The van der Waals surface area contributed by atoms with E-state index in [0.717, 1.165) is 11.2 Å². The Kier molecular flexibility index (Phi) is 13.0. The Bertz CT molecular complexity index is 1820. The summed E-state index contributed by atoms with van der Waals surface area (Å²) in [7, 11) is -2.17. The van der Waals surface area contributed by atoms with E-state index in [1.54, 1.807) is 60.0 Å². The number of carbonyl (C=O) groups excluding carboxylic acids is 3. The molecular weight excluding hydrogens is 765 g/mol. The summed E-state index contributed by atoms with van der Waals surface area (Å²) < 4.78 is 38.0. The van der Waals surface area contributed by atoms with Crippen LogP contribution in [0.5, 0.6) is 0 Å². The number of imidazole rings is 1. The summed E-state index contributed by atoms with van der Waals surface area (Å²) in [5.41, 5.74) is -4.65. The second-order valence-electron chi connectivity index (χ2n) is 18.4. The molecule has 318 valence electrons. The summed E-state index contributed by atoms with van der Waals surface area (Å²) in [6, 6.07) is 0. The minimum absolute atomic E-state index is 0.0348. The lowest BCUT2D eigenvalue weighted by atomic mass is 9.90. The van der Waals surface area contributed by atoms with Crippen LogP contribution in [0, 0.1) is 10.8 Å². The van der Waals surface area contributed by atoms with Gasteiger partial charge in [-0.2, -0.15) is 0 Å². The van der Waals surface area contributed by atoms with Crippen molar-refractivity contribution in [2.45, 2.75) is 143 Å². The molecule has 4 rings (SSSR count). The maximum absolute atomic E-state index is 14.4. The van der Waals surface area contributed by atoms with E-state index in [1.165, 1.54) is 6.33 Å². The Hall–Kier alpha value is -4.08. The summed E-state index contributed by atoms with van der Waals surface area (Å²) >= 11 is 0. The molecule has 0 spiro atoms. The number of aromatic nitrogens is 4. The molecule has 2 aliphatic heterocycles. The first kappa shape index (κ1) is 45.6. The molecule has 1 amide bonds. The minimum Gasteiger partial charge on any atom is -0.481 e. The van der Waals surface area contributed by atoms with Crippen molar-refractivity contribution in [2.24, 2.45) is 10.8 Å². The number of hydrogen-bond donors (Lipinski definition) is 3. The van der Waals surface area contributed by atoms with Gasteiger partial charge in [-0.15, -0.1) is 0 Å². The van der Waals surface area contributed by atoms with Crippen LogP contribution >= 0.6 is 0 Å². The number of esters is 2. The van der Waals surface area contributed by atoms with Gasteiger partial charge in [-0.1, -0.05) is 20.8 Å². The van der Waals surface area contributed by atoms with E-state index >= 15 is 0 Å². The number of nitrogens with zero attached hydrogens (tertiary/aromatic N) is 5. The van der Waals surface area contributed by atoms with Gasteiger partial charge in [0.15, 0.2) is 37.3 Å². The maximum atomic E-state index is 14.4. The molecule has 57 heavy (non-hydrogen) atoms. The molecule has 0 saturated carbocycles. The van der Waals surface area contributed by atoms with Crippen LogP contribution in [0.3, 0.4) is 0 Å². The fourth-order valence-electron chi connectivity index (χ4n) is 5.87. The number of rotatable bonds is 15. The van der Waals surface area contributed by atoms with Gasteiger partial charge in [0, 0.05) is 6.42 Å². The average molecular weight is 823 g/mol. The fraction of sp³-hybridized carbons (Fsp3) is 0.730. The zero-order valence-corrected chi connectivity index (χ0v) is 36.1. The second kappa shape index (κ2) is 16.3. The van der Waals surface area contributed by atoms with Crippen molar-refractivity contribution >= 4 is 55.1 Å². The third-order valence-corrected chi connectivity index (χ3v) is 14.8. The van der Waals surface area contributed by atoms with Crippen molar-refractivity contribution in [3.8, 4) is 0 Å². The van der Waals surface area contributed by atoms with Crippen LogP contribution < -0.4 is 5.32 Å². The average Bonchev–Trinajstić information content (AvgIpc) is 3.73. The molecule has 2 aliphatic rings. The van der Waals surface area contributed by atoms with Gasteiger partial charge in [-0.3, -0.25) is 23.7 Å². The predicted molar refractivity (Wildman–Crippen MR) is 205 cm³/mol. The molecule has 4 heterocycles. The van der Waals surface area contributed by atoms with Crippen LogP contribution in [0.25, 0.3) is 11.2 Å². The minimum atomic E-state index is -2.78. The van der Waals surface area contributed by atoms with Crippen LogP contribution in [0.4, 0.5) is 5.82 Å². The maximum Gasteiger partial charge on any atom is 0.334 e. The van der Waals surface area contributed by atoms with Crippen LogP contribution in [-0.2, 0) is 52.1 Å². The number of fused-ring (bicyclic) bond motifs is 2. The topological polar surface area (TPSA) is 240 Å². The van der Waals surface area contributed by atoms with E-state index < -0.39 is 111 Å². The molecule has 0 aliphatic carbocycles. The molecule has 2 saturated heterocycles. The second-order valence-corrected chi connectivity index (χ2v) is 23.2. The molecule has 0 bridgehead atoms. The first-order valence-electron chi connectivity index (χ1n) is 18.7. The third kappa shape index (κ3) is 9.97. The number of aliphatic carboxylic acids is 2. The van der Waals surface area contributed by atoms with E-state index in [4.69, 9.17) is 28.1 Å². The smallest absolute Gasteiger partial charge is 0.334 e. The number of carbonyl (C=O) groups is 5. The van der Waals surface area contributed by atoms with Crippen LogP contribution in [0.15, 0.2) is 12.7 Å². The molecular formula is C37H58N6O13Si. The molecule has 2 fully saturated rings. The largest absolute Gasteiger partial charge is 0.481 e. The van der Waals surface area contributed by atoms with Gasteiger partial charge in [0.2, 0.25) is 5.54 Å². The highest BCUT2D eigenvalue weighted by Crippen LogP contribution is 2.45. The van der Waals surface area contributed by atoms with Crippen LogP contribution in [0.2, 0.25) is 18.1 Å². The molecule has 0 radical (unpaired) electrons. The summed E-state index contributed by atoms with van der Waals surface area (Å²) in [6.45, 7) is 22.2. The van der Waals surface area contributed by atoms with Gasteiger partial charge in [0.05, 0.1) is 23.8 Å². The SMILES string of the molecule is CC1(C)O[C@@H]2[C@H](O1)[C@@H](CO[Si](C)(C)C(C)(C)C)O[C@H]2n1cnc2c(NC(=O)C(CCC(=O)O)(C(=O)O)N(COC(=O)C(C)(C)C)COC(=O)C(C)(C)C)ncnc21. The van der Waals surface area contributed by atoms with E-state index in [9.17, 15) is 34.2 Å². The monoisotopic (exact) mass is 822 g/mol. The molecule has 20 heteroatoms. The van der Waals surface area contributed by atoms with Crippen molar-refractivity contribution in [2.75, 3.05) is 25.4 Å². The molecule has 0 aromatic carbocycles. The van der Waals surface area contributed by atoms with Gasteiger partial charge in [0.1, 0.15) is 38.1 Å². The highest BCUT2D eigenvalue weighted by atomic mass is 28.4. The Morgan fingerprint density at radius 3 is 1.96 bits per heavy atom. The Morgan fingerprint density at radius 1 is 0.895 bits per heavy atom. The summed E-state index contributed by atoms with van der Waals surface area (Å²) in [6.07, 6.45) is -1.57. The molecule has 3 N–H and O–H groups in total. The van der Waals surface area contributed by atoms with Crippen molar-refractivity contribution < 1.29 is 62.3 Å². The summed E-state index contributed by atoms with van der Waals surface area (Å²) in [4.78, 5) is 79.1. The van der Waals surface area contributed by atoms with Gasteiger partial charge in [0.25, 0.3) is 5.91 Å². The van der Waals surface area contributed by atoms with Crippen molar-refractivity contribution in [1.82, 2.24) is 24.4 Å².